The lowest BCUT2D eigenvalue weighted by Gasteiger charge is -2.14. The van der Waals surface area contributed by atoms with Gasteiger partial charge in [0.25, 0.3) is 5.69 Å². The number of benzene rings is 2. The van der Waals surface area contributed by atoms with E-state index in [0.717, 1.165) is 5.56 Å². The van der Waals surface area contributed by atoms with Gasteiger partial charge in [0.2, 0.25) is 5.95 Å². The Bertz CT molecular complexity index is 916. The van der Waals surface area contributed by atoms with Crippen LogP contribution in [0.15, 0.2) is 60.7 Å². The zero-order valence-electron chi connectivity index (χ0n) is 14.7. The van der Waals surface area contributed by atoms with Gasteiger partial charge in [-0.25, -0.2) is 4.98 Å². The van der Waals surface area contributed by atoms with Crippen molar-refractivity contribution in [1.29, 1.82) is 0 Å². The lowest BCUT2D eigenvalue weighted by molar-refractivity contribution is -0.384. The molecule has 2 aromatic carbocycles. The van der Waals surface area contributed by atoms with Crippen LogP contribution in [0.1, 0.15) is 6.92 Å². The molecule has 3 aromatic rings. The molecule has 1 atom stereocenters. The van der Waals surface area contributed by atoms with Gasteiger partial charge in [0.15, 0.2) is 0 Å². The summed E-state index contributed by atoms with van der Waals surface area (Å²) < 4.78 is 0. The minimum atomic E-state index is -0.444. The molecule has 8 heteroatoms. The lowest BCUT2D eigenvalue weighted by atomic mass is 10.1. The van der Waals surface area contributed by atoms with Gasteiger partial charge in [-0.15, -0.1) is 0 Å². The maximum Gasteiger partial charge on any atom is 0.269 e. The second-order valence-electron chi connectivity index (χ2n) is 5.99. The van der Waals surface area contributed by atoms with Crippen molar-refractivity contribution < 1.29 is 10.0 Å². The minimum Gasteiger partial charge on any atom is -0.394 e. The van der Waals surface area contributed by atoms with Crippen LogP contribution in [0, 0.1) is 10.1 Å². The largest absolute Gasteiger partial charge is 0.394 e. The molecule has 3 rings (SSSR count). The highest BCUT2D eigenvalue weighted by Crippen LogP contribution is 2.24. The highest BCUT2D eigenvalue weighted by Gasteiger charge is 2.10. The number of anilines is 3. The second kappa shape index (κ2) is 8.24. The molecule has 1 aromatic heterocycles. The molecule has 0 saturated carbocycles. The van der Waals surface area contributed by atoms with Crippen molar-refractivity contribution in [1.82, 2.24) is 9.97 Å². The van der Waals surface area contributed by atoms with Gasteiger partial charge in [-0.3, -0.25) is 10.1 Å². The van der Waals surface area contributed by atoms with Crippen molar-refractivity contribution in [3.8, 4) is 11.3 Å². The van der Waals surface area contributed by atoms with E-state index < -0.39 is 4.92 Å². The van der Waals surface area contributed by atoms with Crippen LogP contribution in [0.25, 0.3) is 11.3 Å². The first-order valence-corrected chi connectivity index (χ1v) is 8.38. The summed E-state index contributed by atoms with van der Waals surface area (Å²) in [6, 6.07) is 17.3. The summed E-state index contributed by atoms with van der Waals surface area (Å²) >= 11 is 0. The van der Waals surface area contributed by atoms with E-state index in [0.29, 0.717) is 23.1 Å². The molecule has 27 heavy (non-hydrogen) atoms. The van der Waals surface area contributed by atoms with Crippen molar-refractivity contribution in [2.45, 2.75) is 13.0 Å². The summed E-state index contributed by atoms with van der Waals surface area (Å²) in [6.45, 7) is 1.77. The van der Waals surface area contributed by atoms with Crippen molar-refractivity contribution in [3.05, 3.63) is 70.8 Å². The van der Waals surface area contributed by atoms with Crippen LogP contribution in [0.2, 0.25) is 0 Å². The zero-order valence-corrected chi connectivity index (χ0v) is 14.7. The fourth-order valence-electron chi connectivity index (χ4n) is 2.41. The van der Waals surface area contributed by atoms with Gasteiger partial charge >= 0.3 is 0 Å². The van der Waals surface area contributed by atoms with Gasteiger partial charge in [-0.1, -0.05) is 30.3 Å². The van der Waals surface area contributed by atoms with Crippen LogP contribution in [-0.2, 0) is 0 Å². The van der Waals surface area contributed by atoms with E-state index in [4.69, 9.17) is 0 Å². The Kier molecular flexibility index (Phi) is 5.58. The van der Waals surface area contributed by atoms with E-state index in [2.05, 4.69) is 20.6 Å². The molecule has 8 nitrogen and oxygen atoms in total. The Morgan fingerprint density at radius 3 is 2.44 bits per heavy atom. The van der Waals surface area contributed by atoms with Crippen LogP contribution in [0.4, 0.5) is 23.1 Å². The van der Waals surface area contributed by atoms with Crippen molar-refractivity contribution in [2.24, 2.45) is 0 Å². The summed E-state index contributed by atoms with van der Waals surface area (Å²) in [7, 11) is 0. The fourth-order valence-corrected chi connectivity index (χ4v) is 2.41. The smallest absolute Gasteiger partial charge is 0.269 e. The molecule has 0 amide bonds. The number of nitro groups is 1. The molecule has 0 saturated heterocycles. The molecule has 3 N–H and O–H groups in total. The quantitative estimate of drug-likeness (QED) is 0.433. The van der Waals surface area contributed by atoms with Crippen molar-refractivity contribution in [2.75, 3.05) is 17.2 Å². The molecule has 0 fully saturated rings. The Hall–Kier alpha value is -3.52. The van der Waals surface area contributed by atoms with Crippen molar-refractivity contribution >= 4 is 23.1 Å². The third kappa shape index (κ3) is 4.77. The predicted octanol–water partition coefficient (Wildman–Crippen LogP) is 3.59. The third-order valence-electron chi connectivity index (χ3n) is 3.80. The number of hydrogen-bond acceptors (Lipinski definition) is 7. The molecule has 0 bridgehead atoms. The number of nitrogens with zero attached hydrogens (tertiary/aromatic N) is 3. The van der Waals surface area contributed by atoms with Crippen LogP contribution in [0.5, 0.6) is 0 Å². The molecular formula is C19H19N5O3. The monoisotopic (exact) mass is 365 g/mol. The summed E-state index contributed by atoms with van der Waals surface area (Å²) in [5.41, 5.74) is 2.32. The average Bonchev–Trinajstić information content (AvgIpc) is 2.69. The van der Waals surface area contributed by atoms with E-state index in [1.807, 2.05) is 37.3 Å². The third-order valence-corrected chi connectivity index (χ3v) is 3.80. The van der Waals surface area contributed by atoms with Crippen LogP contribution >= 0.6 is 0 Å². The lowest BCUT2D eigenvalue weighted by Crippen LogP contribution is -2.21. The van der Waals surface area contributed by atoms with Crippen LogP contribution in [0.3, 0.4) is 0 Å². The van der Waals surface area contributed by atoms with Crippen molar-refractivity contribution in [3.63, 3.8) is 0 Å². The van der Waals surface area contributed by atoms with Crippen LogP contribution < -0.4 is 10.6 Å². The first kappa shape index (κ1) is 18.3. The Morgan fingerprint density at radius 2 is 1.81 bits per heavy atom. The van der Waals surface area contributed by atoms with Gasteiger partial charge in [0, 0.05) is 35.5 Å². The molecule has 1 heterocycles. The minimum absolute atomic E-state index is 0.0207. The average molecular weight is 365 g/mol. The molecule has 0 spiro atoms. The van der Waals surface area contributed by atoms with E-state index in [1.54, 1.807) is 18.2 Å². The number of aromatic nitrogens is 2. The summed E-state index contributed by atoms with van der Waals surface area (Å²) in [5.74, 6) is 0.910. The van der Waals surface area contributed by atoms with E-state index in [1.165, 1.54) is 12.1 Å². The number of non-ortho nitro benzene ring substituents is 1. The predicted molar refractivity (Wildman–Crippen MR) is 104 cm³/mol. The van der Waals surface area contributed by atoms with Gasteiger partial charge in [0.1, 0.15) is 5.82 Å². The molecule has 138 valence electrons. The molecule has 0 aliphatic heterocycles. The normalized spacial score (nSPS) is 11.6. The first-order chi connectivity index (χ1) is 13.0. The molecular weight excluding hydrogens is 346 g/mol. The Labute approximate surface area is 156 Å². The first-order valence-electron chi connectivity index (χ1n) is 8.38. The Morgan fingerprint density at radius 1 is 1.11 bits per heavy atom. The fraction of sp³-hybridized carbons (Fsp3) is 0.158. The van der Waals surface area contributed by atoms with Crippen LogP contribution in [-0.4, -0.2) is 32.6 Å². The number of nitrogens with one attached hydrogen (secondary N) is 2. The van der Waals surface area contributed by atoms with E-state index >= 15 is 0 Å². The summed E-state index contributed by atoms with van der Waals surface area (Å²) in [6.07, 6.45) is 0. The number of rotatable bonds is 7. The molecule has 0 unspecified atom stereocenters. The van der Waals surface area contributed by atoms with E-state index in [9.17, 15) is 15.2 Å². The number of nitro benzene ring substituents is 1. The number of hydrogen-bond donors (Lipinski definition) is 3. The Balaban J connectivity index is 1.93. The standard InChI is InChI=1S/C19H19N5O3/c1-13(12-25)20-19-22-17(14-5-3-2-4-6-14)11-18(23-19)21-15-7-9-16(10-8-15)24(26)27/h2-11,13,25H,12H2,1H3,(H2,20,21,22,23)/t13-/m0/s1. The maximum atomic E-state index is 10.8. The summed E-state index contributed by atoms with van der Waals surface area (Å²) in [4.78, 5) is 19.3. The number of aliphatic hydroxyl groups excluding tert-OH is 1. The number of aliphatic hydroxyl groups is 1. The SMILES string of the molecule is C[C@@H](CO)Nc1nc(Nc2ccc([N+](=O)[O-])cc2)cc(-c2ccccc2)n1. The molecule has 0 radical (unpaired) electrons. The molecule has 0 aliphatic carbocycles. The second-order valence-corrected chi connectivity index (χ2v) is 5.99. The zero-order chi connectivity index (χ0) is 19.2. The van der Waals surface area contributed by atoms with E-state index in [-0.39, 0.29) is 18.3 Å². The highest BCUT2D eigenvalue weighted by atomic mass is 16.6. The van der Waals surface area contributed by atoms with Gasteiger partial charge < -0.3 is 15.7 Å². The van der Waals surface area contributed by atoms with Gasteiger partial charge in [-0.2, -0.15) is 4.98 Å². The van der Waals surface area contributed by atoms with Gasteiger partial charge in [-0.05, 0) is 19.1 Å². The maximum absolute atomic E-state index is 10.8. The topological polar surface area (TPSA) is 113 Å². The molecule has 0 aliphatic rings. The highest BCUT2D eigenvalue weighted by molar-refractivity contribution is 5.67. The van der Waals surface area contributed by atoms with Gasteiger partial charge in [0.05, 0.1) is 17.2 Å². The summed E-state index contributed by atoms with van der Waals surface area (Å²) in [5, 5.41) is 26.2.